The molecule has 0 radical (unpaired) electrons. The van der Waals surface area contributed by atoms with E-state index >= 15 is 0 Å². The quantitative estimate of drug-likeness (QED) is 0.353. The summed E-state index contributed by atoms with van der Waals surface area (Å²) in [6.45, 7) is 4.30. The fraction of sp³-hybridized carbons (Fsp3) is 0.200. The van der Waals surface area contributed by atoms with Gasteiger partial charge in [0.15, 0.2) is 0 Å². The second-order valence-electron chi connectivity index (χ2n) is 7.46. The SMILES string of the molecule is Cc1ccc(C)c2c1CC/C2=N\NC(N)=NC(c1ccccc1)c1ccccc1.Cl. The van der Waals surface area contributed by atoms with Gasteiger partial charge in [-0.05, 0) is 54.5 Å². The third kappa shape index (κ3) is 4.55. The number of hydrogen-bond donors (Lipinski definition) is 2. The number of guanidine groups is 1. The lowest BCUT2D eigenvalue weighted by molar-refractivity contribution is 0.845. The second kappa shape index (κ2) is 9.59. The number of nitrogens with two attached hydrogens (primary N) is 1. The molecule has 3 aromatic carbocycles. The first-order valence-electron chi connectivity index (χ1n) is 9.98. The molecule has 3 N–H and O–H groups in total. The molecule has 4 nitrogen and oxygen atoms in total. The van der Waals surface area contributed by atoms with Crippen LogP contribution in [-0.4, -0.2) is 11.7 Å². The Morgan fingerprint density at radius 3 is 2.00 bits per heavy atom. The van der Waals surface area contributed by atoms with Crippen molar-refractivity contribution in [3.63, 3.8) is 0 Å². The number of fused-ring (bicyclic) bond motifs is 1. The van der Waals surface area contributed by atoms with Gasteiger partial charge in [0.25, 0.3) is 0 Å². The van der Waals surface area contributed by atoms with Crippen molar-refractivity contribution < 1.29 is 0 Å². The predicted octanol–water partition coefficient (Wildman–Crippen LogP) is 5.07. The van der Waals surface area contributed by atoms with E-state index in [0.29, 0.717) is 5.96 Å². The van der Waals surface area contributed by atoms with Crippen molar-refractivity contribution in [2.75, 3.05) is 0 Å². The molecule has 30 heavy (non-hydrogen) atoms. The van der Waals surface area contributed by atoms with E-state index in [1.165, 1.54) is 22.3 Å². The molecule has 1 aliphatic carbocycles. The molecule has 0 fully saturated rings. The maximum Gasteiger partial charge on any atom is 0.210 e. The van der Waals surface area contributed by atoms with Crippen molar-refractivity contribution in [2.45, 2.75) is 32.7 Å². The van der Waals surface area contributed by atoms with Crippen molar-refractivity contribution in [1.82, 2.24) is 5.43 Å². The molecular formula is C25H27ClN4. The van der Waals surface area contributed by atoms with Gasteiger partial charge in [0.1, 0.15) is 6.04 Å². The fourth-order valence-electron chi connectivity index (χ4n) is 3.98. The largest absolute Gasteiger partial charge is 0.368 e. The van der Waals surface area contributed by atoms with Crippen LogP contribution >= 0.6 is 12.4 Å². The average molecular weight is 419 g/mol. The molecule has 0 unspecified atom stereocenters. The molecule has 0 bridgehead atoms. The Morgan fingerprint density at radius 1 is 0.833 bits per heavy atom. The van der Waals surface area contributed by atoms with E-state index in [1.54, 1.807) is 0 Å². The van der Waals surface area contributed by atoms with E-state index < -0.39 is 0 Å². The number of nitrogens with one attached hydrogen (secondary N) is 1. The average Bonchev–Trinajstić information content (AvgIpc) is 3.20. The van der Waals surface area contributed by atoms with Gasteiger partial charge in [-0.1, -0.05) is 72.8 Å². The predicted molar refractivity (Wildman–Crippen MR) is 128 cm³/mol. The summed E-state index contributed by atoms with van der Waals surface area (Å²) in [5, 5.41) is 4.62. The van der Waals surface area contributed by atoms with Crippen LogP contribution in [0, 0.1) is 13.8 Å². The molecule has 0 atom stereocenters. The first-order chi connectivity index (χ1) is 14.1. The highest BCUT2D eigenvalue weighted by molar-refractivity contribution is 6.06. The Hall–Kier alpha value is -3.11. The molecule has 0 amide bonds. The fourth-order valence-corrected chi connectivity index (χ4v) is 3.98. The Morgan fingerprint density at radius 2 is 1.40 bits per heavy atom. The maximum atomic E-state index is 6.25. The molecular weight excluding hydrogens is 392 g/mol. The van der Waals surface area contributed by atoms with Gasteiger partial charge in [-0.25, -0.2) is 10.4 Å². The summed E-state index contributed by atoms with van der Waals surface area (Å²) in [6, 6.07) is 24.5. The van der Waals surface area contributed by atoms with Gasteiger partial charge >= 0.3 is 0 Å². The normalized spacial score (nSPS) is 14.5. The number of hydrogen-bond acceptors (Lipinski definition) is 2. The van der Waals surface area contributed by atoms with Gasteiger partial charge in [0.2, 0.25) is 5.96 Å². The molecule has 5 heteroatoms. The van der Waals surface area contributed by atoms with Gasteiger partial charge in [-0.2, -0.15) is 5.10 Å². The van der Waals surface area contributed by atoms with E-state index in [-0.39, 0.29) is 18.4 Å². The third-order valence-electron chi connectivity index (χ3n) is 5.46. The Bertz CT molecular complexity index is 1020. The van der Waals surface area contributed by atoms with Crippen molar-refractivity contribution in [3.8, 4) is 0 Å². The first kappa shape index (κ1) is 21.6. The number of rotatable bonds is 4. The van der Waals surface area contributed by atoms with Crippen LogP contribution in [0.4, 0.5) is 0 Å². The van der Waals surface area contributed by atoms with Crippen LogP contribution in [0.15, 0.2) is 82.9 Å². The monoisotopic (exact) mass is 418 g/mol. The van der Waals surface area contributed by atoms with E-state index in [9.17, 15) is 0 Å². The minimum absolute atomic E-state index is 0. The van der Waals surface area contributed by atoms with Crippen molar-refractivity contribution >= 4 is 24.1 Å². The van der Waals surface area contributed by atoms with E-state index in [1.807, 2.05) is 36.4 Å². The minimum atomic E-state index is -0.176. The molecule has 0 aliphatic heterocycles. The third-order valence-corrected chi connectivity index (χ3v) is 5.46. The molecule has 154 valence electrons. The van der Waals surface area contributed by atoms with Crippen LogP contribution in [-0.2, 0) is 6.42 Å². The number of aliphatic imine (C=N–C) groups is 1. The lowest BCUT2D eigenvalue weighted by atomic mass is 9.99. The first-order valence-corrected chi connectivity index (χ1v) is 9.98. The zero-order chi connectivity index (χ0) is 20.2. The van der Waals surface area contributed by atoms with Gasteiger partial charge < -0.3 is 5.73 Å². The van der Waals surface area contributed by atoms with Crippen LogP contribution in [0.25, 0.3) is 0 Å². The summed E-state index contributed by atoms with van der Waals surface area (Å²) in [6.07, 6.45) is 1.94. The van der Waals surface area contributed by atoms with Crippen LogP contribution in [0.2, 0.25) is 0 Å². The summed E-state index contributed by atoms with van der Waals surface area (Å²) in [4.78, 5) is 4.75. The van der Waals surface area contributed by atoms with Gasteiger partial charge in [-0.15, -0.1) is 12.4 Å². The topological polar surface area (TPSA) is 62.8 Å². The van der Waals surface area contributed by atoms with Crippen LogP contribution in [0.5, 0.6) is 0 Å². The molecule has 3 aromatic rings. The Labute approximate surface area is 184 Å². The molecule has 0 saturated carbocycles. The van der Waals surface area contributed by atoms with Crippen LogP contribution < -0.4 is 11.2 Å². The van der Waals surface area contributed by atoms with Crippen LogP contribution in [0.1, 0.15) is 45.8 Å². The minimum Gasteiger partial charge on any atom is -0.368 e. The van der Waals surface area contributed by atoms with Crippen molar-refractivity contribution in [3.05, 3.63) is 106 Å². The molecule has 1 aliphatic rings. The van der Waals surface area contributed by atoms with Gasteiger partial charge in [-0.3, -0.25) is 0 Å². The van der Waals surface area contributed by atoms with Crippen LogP contribution in [0.3, 0.4) is 0 Å². The molecule has 0 spiro atoms. The summed E-state index contributed by atoms with van der Waals surface area (Å²) in [7, 11) is 0. The second-order valence-corrected chi connectivity index (χ2v) is 7.46. The molecule has 0 heterocycles. The zero-order valence-electron chi connectivity index (χ0n) is 17.3. The highest BCUT2D eigenvalue weighted by atomic mass is 35.5. The lowest BCUT2D eigenvalue weighted by Gasteiger charge is -2.15. The lowest BCUT2D eigenvalue weighted by Crippen LogP contribution is -2.29. The maximum absolute atomic E-state index is 6.25. The summed E-state index contributed by atoms with van der Waals surface area (Å²) >= 11 is 0. The summed E-state index contributed by atoms with van der Waals surface area (Å²) in [5.74, 6) is 0.314. The number of halogens is 1. The van der Waals surface area contributed by atoms with Gasteiger partial charge in [0.05, 0.1) is 5.71 Å². The number of nitrogens with zero attached hydrogens (tertiary/aromatic N) is 2. The number of aryl methyl sites for hydroxylation is 2. The van der Waals surface area contributed by atoms with Gasteiger partial charge in [0, 0.05) is 5.56 Å². The highest BCUT2D eigenvalue weighted by Gasteiger charge is 2.21. The molecule has 4 rings (SSSR count). The standard InChI is InChI=1S/C25H26N4.ClH/c1-17-13-14-18(2)23-21(17)15-16-22(23)28-29-25(26)27-24(19-9-5-3-6-10-19)20-11-7-4-8-12-20;/h3-14,24H,15-16H2,1-2H3,(H3,26,27,29);1H/b28-22+;. The zero-order valence-corrected chi connectivity index (χ0v) is 18.1. The van der Waals surface area contributed by atoms with Crippen molar-refractivity contribution in [2.24, 2.45) is 15.8 Å². The molecule has 0 saturated heterocycles. The number of hydrazone groups is 1. The van der Waals surface area contributed by atoms with E-state index in [4.69, 9.17) is 10.7 Å². The molecule has 0 aromatic heterocycles. The Balaban J connectivity index is 0.00000256. The summed E-state index contributed by atoms with van der Waals surface area (Å²) in [5.41, 5.74) is 17.7. The Kier molecular flexibility index (Phi) is 6.91. The van der Waals surface area contributed by atoms with Crippen molar-refractivity contribution in [1.29, 1.82) is 0 Å². The smallest absolute Gasteiger partial charge is 0.210 e. The highest BCUT2D eigenvalue weighted by Crippen LogP contribution is 2.29. The number of benzene rings is 3. The summed E-state index contributed by atoms with van der Waals surface area (Å²) < 4.78 is 0. The van der Waals surface area contributed by atoms with E-state index in [0.717, 1.165) is 29.7 Å². The van der Waals surface area contributed by atoms with E-state index in [2.05, 4.69) is 60.8 Å².